The molecule has 0 radical (unpaired) electrons. The summed E-state index contributed by atoms with van der Waals surface area (Å²) in [5.74, 6) is 1.65. The van der Waals surface area contributed by atoms with Crippen LogP contribution in [0.1, 0.15) is 38.8 Å². The molecule has 1 amide bonds. The van der Waals surface area contributed by atoms with Gasteiger partial charge in [0.05, 0.1) is 31.2 Å². The number of rotatable bonds is 10. The van der Waals surface area contributed by atoms with Gasteiger partial charge in [0.15, 0.2) is 5.82 Å². The molecule has 0 atom stereocenters. The van der Waals surface area contributed by atoms with E-state index in [1.165, 1.54) is 13.4 Å². The van der Waals surface area contributed by atoms with Gasteiger partial charge in [0.25, 0.3) is 5.88 Å². The maximum Gasteiger partial charge on any atom is 0.410 e. The van der Waals surface area contributed by atoms with Crippen LogP contribution in [0.3, 0.4) is 0 Å². The third kappa shape index (κ3) is 6.83. The fourth-order valence-corrected chi connectivity index (χ4v) is 3.42. The van der Waals surface area contributed by atoms with E-state index in [1.807, 2.05) is 26.8 Å². The summed E-state index contributed by atoms with van der Waals surface area (Å²) in [5, 5.41) is 12.1. The van der Waals surface area contributed by atoms with Gasteiger partial charge in [-0.15, -0.1) is 0 Å². The van der Waals surface area contributed by atoms with E-state index in [9.17, 15) is 4.79 Å². The highest BCUT2D eigenvalue weighted by atomic mass is 16.6. The van der Waals surface area contributed by atoms with Gasteiger partial charge in [0.2, 0.25) is 11.6 Å². The number of nitrogens with one attached hydrogen (secondary N) is 1. The molecule has 2 N–H and O–H groups in total. The van der Waals surface area contributed by atoms with Crippen molar-refractivity contribution in [2.45, 2.75) is 52.2 Å². The zero-order valence-corrected chi connectivity index (χ0v) is 20.1. The molecule has 34 heavy (non-hydrogen) atoms. The van der Waals surface area contributed by atoms with Gasteiger partial charge in [-0.3, -0.25) is 0 Å². The Kier molecular flexibility index (Phi) is 9.08. The number of carbonyl (C=O) groups excluding carboxylic acids is 1. The molecule has 2 aromatic heterocycles. The predicted octanol–water partition coefficient (Wildman–Crippen LogP) is 3.08. The molecule has 2 aromatic rings. The summed E-state index contributed by atoms with van der Waals surface area (Å²) in [4.78, 5) is 26.8. The zero-order chi connectivity index (χ0) is 24.5. The number of aryl methyl sites for hydroxylation is 1. The van der Waals surface area contributed by atoms with E-state index in [0.717, 1.165) is 5.69 Å². The van der Waals surface area contributed by atoms with Crippen LogP contribution in [0.2, 0.25) is 0 Å². The third-order valence-corrected chi connectivity index (χ3v) is 5.16. The molecule has 0 saturated carbocycles. The largest absolute Gasteiger partial charge is 0.489 e. The van der Waals surface area contributed by atoms with Crippen LogP contribution >= 0.6 is 0 Å². The van der Waals surface area contributed by atoms with E-state index in [4.69, 9.17) is 24.1 Å². The first-order chi connectivity index (χ1) is 16.4. The number of aliphatic hydroxyl groups is 1. The van der Waals surface area contributed by atoms with Crippen LogP contribution in [0.25, 0.3) is 0 Å². The number of pyridine rings is 1. The second-order valence-corrected chi connectivity index (χ2v) is 8.13. The number of anilines is 2. The Morgan fingerprint density at radius 1 is 1.26 bits per heavy atom. The smallest absolute Gasteiger partial charge is 0.410 e. The monoisotopic (exact) mass is 475 g/mol. The Morgan fingerprint density at radius 2 is 2.03 bits per heavy atom. The number of hydrogen-bond acceptors (Lipinski definition) is 10. The van der Waals surface area contributed by atoms with Gasteiger partial charge in [0, 0.05) is 45.0 Å². The van der Waals surface area contributed by atoms with Crippen molar-refractivity contribution in [3.8, 4) is 17.5 Å². The highest BCUT2D eigenvalue weighted by Crippen LogP contribution is 2.35. The molecule has 1 aliphatic heterocycles. The highest BCUT2D eigenvalue weighted by molar-refractivity contribution is 5.68. The van der Waals surface area contributed by atoms with E-state index in [-0.39, 0.29) is 24.9 Å². The number of carbonyl (C=O) groups is 1. The molecule has 186 valence electrons. The second-order valence-electron chi connectivity index (χ2n) is 8.13. The number of hydrogen-bond donors (Lipinski definition) is 2. The Labute approximate surface area is 199 Å². The van der Waals surface area contributed by atoms with Crippen LogP contribution in [0.4, 0.5) is 16.3 Å². The molecule has 0 bridgehead atoms. The van der Waals surface area contributed by atoms with Crippen molar-refractivity contribution in [1.82, 2.24) is 19.9 Å². The Morgan fingerprint density at radius 3 is 2.68 bits per heavy atom. The van der Waals surface area contributed by atoms with E-state index >= 15 is 0 Å². The molecule has 1 fully saturated rings. The molecule has 1 saturated heterocycles. The summed E-state index contributed by atoms with van der Waals surface area (Å²) < 4.78 is 22.5. The minimum absolute atomic E-state index is 0.0698. The lowest BCUT2D eigenvalue weighted by atomic mass is 10.1. The summed E-state index contributed by atoms with van der Waals surface area (Å²) in [6.45, 7) is 7.08. The number of likely N-dealkylation sites (tertiary alicyclic amines) is 1. The van der Waals surface area contributed by atoms with Gasteiger partial charge >= 0.3 is 6.09 Å². The molecule has 0 aromatic carbocycles. The molecule has 3 rings (SSSR count). The van der Waals surface area contributed by atoms with Crippen LogP contribution in [0.5, 0.6) is 17.5 Å². The summed E-state index contributed by atoms with van der Waals surface area (Å²) in [6, 6.07) is 3.58. The number of aliphatic hydroxyl groups excluding tert-OH is 1. The van der Waals surface area contributed by atoms with E-state index in [2.05, 4.69) is 20.3 Å². The molecule has 0 spiro atoms. The summed E-state index contributed by atoms with van der Waals surface area (Å²) in [7, 11) is 1.53. The Hall–Kier alpha value is -3.34. The van der Waals surface area contributed by atoms with Gasteiger partial charge in [-0.2, -0.15) is 4.98 Å². The first-order valence-corrected chi connectivity index (χ1v) is 11.4. The highest BCUT2D eigenvalue weighted by Gasteiger charge is 2.27. The SMILES string of the molecule is COc1c(Nc2ccc(OCCCO)nc2C)ncnc1OC1CCN(C(=O)OC(C)C)CC1. The lowest BCUT2D eigenvalue weighted by Crippen LogP contribution is -2.42. The van der Waals surface area contributed by atoms with Crippen LogP contribution in [0.15, 0.2) is 18.5 Å². The van der Waals surface area contributed by atoms with Crippen molar-refractivity contribution >= 4 is 17.6 Å². The predicted molar refractivity (Wildman–Crippen MR) is 125 cm³/mol. The third-order valence-electron chi connectivity index (χ3n) is 5.16. The summed E-state index contributed by atoms with van der Waals surface area (Å²) >= 11 is 0. The van der Waals surface area contributed by atoms with E-state index < -0.39 is 0 Å². The van der Waals surface area contributed by atoms with Crippen LogP contribution in [-0.2, 0) is 4.74 Å². The molecule has 11 heteroatoms. The maximum atomic E-state index is 12.1. The number of piperidine rings is 1. The van der Waals surface area contributed by atoms with Gasteiger partial charge in [-0.1, -0.05) is 0 Å². The summed E-state index contributed by atoms with van der Waals surface area (Å²) in [6.07, 6.45) is 2.71. The van der Waals surface area contributed by atoms with Crippen molar-refractivity contribution in [2.75, 3.05) is 38.7 Å². The molecule has 11 nitrogen and oxygen atoms in total. The molecular formula is C23H33N5O6. The zero-order valence-electron chi connectivity index (χ0n) is 20.1. The Balaban J connectivity index is 1.64. The van der Waals surface area contributed by atoms with Crippen LogP contribution in [0, 0.1) is 6.92 Å². The van der Waals surface area contributed by atoms with Gasteiger partial charge < -0.3 is 34.3 Å². The lowest BCUT2D eigenvalue weighted by molar-refractivity contribution is 0.0500. The number of methoxy groups -OCH3 is 1. The number of nitrogens with zero attached hydrogens (tertiary/aromatic N) is 4. The van der Waals surface area contributed by atoms with Crippen LogP contribution in [-0.4, -0.2) is 76.7 Å². The minimum atomic E-state index is -0.298. The van der Waals surface area contributed by atoms with Crippen molar-refractivity contribution in [3.05, 3.63) is 24.2 Å². The number of ether oxygens (including phenoxy) is 4. The first kappa shape index (κ1) is 25.3. The standard InChI is InChI=1S/C23H33N5O6/c1-15(2)33-23(30)28-10-8-17(9-11-28)34-22-20(31-4)21(24-14-25-22)27-18-6-7-19(26-16(18)3)32-13-5-12-29/h6-7,14-15,17,29H,5,8-13H2,1-4H3,(H,24,25,27). The van der Waals surface area contributed by atoms with Crippen molar-refractivity contribution in [3.63, 3.8) is 0 Å². The molecule has 0 aliphatic carbocycles. The second kappa shape index (κ2) is 12.2. The van der Waals surface area contributed by atoms with Gasteiger partial charge in [0.1, 0.15) is 12.4 Å². The topological polar surface area (TPSA) is 128 Å². The van der Waals surface area contributed by atoms with Crippen molar-refractivity contribution < 1.29 is 28.8 Å². The quantitative estimate of drug-likeness (QED) is 0.495. The lowest BCUT2D eigenvalue weighted by Gasteiger charge is -2.31. The van der Waals surface area contributed by atoms with Crippen molar-refractivity contribution in [1.29, 1.82) is 0 Å². The minimum Gasteiger partial charge on any atom is -0.489 e. The average molecular weight is 476 g/mol. The average Bonchev–Trinajstić information content (AvgIpc) is 2.81. The first-order valence-electron chi connectivity index (χ1n) is 11.4. The fourth-order valence-electron chi connectivity index (χ4n) is 3.42. The molecular weight excluding hydrogens is 442 g/mol. The van der Waals surface area contributed by atoms with E-state index in [1.54, 1.807) is 11.0 Å². The molecule has 3 heterocycles. The number of aromatic nitrogens is 3. The maximum absolute atomic E-state index is 12.1. The Bertz CT molecular complexity index is 949. The fraction of sp³-hybridized carbons (Fsp3) is 0.565. The molecule has 1 aliphatic rings. The van der Waals surface area contributed by atoms with Gasteiger partial charge in [-0.05, 0) is 26.8 Å². The van der Waals surface area contributed by atoms with Crippen LogP contribution < -0.4 is 19.5 Å². The van der Waals surface area contributed by atoms with Crippen molar-refractivity contribution in [2.24, 2.45) is 0 Å². The molecule has 0 unspecified atom stereocenters. The number of amides is 1. The van der Waals surface area contributed by atoms with Gasteiger partial charge in [-0.25, -0.2) is 14.8 Å². The summed E-state index contributed by atoms with van der Waals surface area (Å²) in [5.41, 5.74) is 1.44. The normalized spacial score (nSPS) is 14.1. The van der Waals surface area contributed by atoms with E-state index in [0.29, 0.717) is 68.0 Å².